The summed E-state index contributed by atoms with van der Waals surface area (Å²) in [5.41, 5.74) is 2.58. The molecule has 1 aromatic carbocycles. The Bertz CT molecular complexity index is 752. The van der Waals surface area contributed by atoms with Crippen molar-refractivity contribution < 1.29 is 0 Å². The maximum atomic E-state index is 4.96. The van der Waals surface area contributed by atoms with Crippen molar-refractivity contribution in [1.29, 1.82) is 0 Å². The average Bonchev–Trinajstić information content (AvgIpc) is 3.20. The fourth-order valence-electron chi connectivity index (χ4n) is 3.88. The van der Waals surface area contributed by atoms with Crippen molar-refractivity contribution >= 4 is 5.96 Å². The van der Waals surface area contributed by atoms with Crippen molar-refractivity contribution in [2.45, 2.75) is 39.4 Å². The zero-order valence-electron chi connectivity index (χ0n) is 17.7. The van der Waals surface area contributed by atoms with Crippen molar-refractivity contribution in [3.63, 3.8) is 0 Å². The van der Waals surface area contributed by atoms with Crippen LogP contribution in [0.5, 0.6) is 0 Å². The Morgan fingerprint density at radius 2 is 2.14 bits per heavy atom. The van der Waals surface area contributed by atoms with Gasteiger partial charge < -0.3 is 19.7 Å². The first kappa shape index (κ1) is 20.4. The number of benzene rings is 1. The van der Waals surface area contributed by atoms with Crippen LogP contribution in [0.4, 0.5) is 0 Å². The monoisotopic (exact) mass is 382 g/mol. The molecule has 28 heavy (non-hydrogen) atoms. The minimum absolute atomic E-state index is 0.434. The lowest BCUT2D eigenvalue weighted by Crippen LogP contribution is -2.49. The van der Waals surface area contributed by atoms with Gasteiger partial charge in [0.25, 0.3) is 0 Å². The molecule has 6 nitrogen and oxygen atoms in total. The van der Waals surface area contributed by atoms with Gasteiger partial charge in [-0.05, 0) is 44.5 Å². The van der Waals surface area contributed by atoms with Gasteiger partial charge in [-0.1, -0.05) is 31.2 Å². The number of aliphatic imine (C=N–C) groups is 1. The van der Waals surface area contributed by atoms with Crippen LogP contribution < -0.4 is 5.32 Å². The van der Waals surface area contributed by atoms with Crippen LogP contribution >= 0.6 is 0 Å². The normalized spacial score (nSPS) is 20.6. The van der Waals surface area contributed by atoms with Gasteiger partial charge in [0, 0.05) is 38.6 Å². The highest BCUT2D eigenvalue weighted by atomic mass is 15.3. The second kappa shape index (κ2) is 9.73. The van der Waals surface area contributed by atoms with E-state index in [1.54, 1.807) is 0 Å². The van der Waals surface area contributed by atoms with E-state index in [0.29, 0.717) is 18.5 Å². The fourth-order valence-corrected chi connectivity index (χ4v) is 3.88. The zero-order chi connectivity index (χ0) is 19.9. The quantitative estimate of drug-likeness (QED) is 0.616. The molecule has 0 bridgehead atoms. The van der Waals surface area contributed by atoms with Crippen molar-refractivity contribution in [3.05, 3.63) is 54.1 Å². The standard InChI is InChI=1S/C22H34N6/c1-5-24-22(25-14-19-7-6-8-20(13-19)15-26(3)4)27-11-9-18(2)21(16-27)28-12-10-23-17-28/h6-8,10,12-13,17-18,21H,5,9,11,14-16H2,1-4H3,(H,24,25). The maximum absolute atomic E-state index is 4.96. The van der Waals surface area contributed by atoms with E-state index in [0.717, 1.165) is 38.6 Å². The molecule has 0 amide bonds. The van der Waals surface area contributed by atoms with Gasteiger partial charge in [-0.25, -0.2) is 9.98 Å². The fraction of sp³-hybridized carbons (Fsp3) is 0.545. The summed E-state index contributed by atoms with van der Waals surface area (Å²) in [4.78, 5) is 13.8. The van der Waals surface area contributed by atoms with E-state index in [9.17, 15) is 0 Å². The second-order valence-electron chi connectivity index (χ2n) is 8.02. The van der Waals surface area contributed by atoms with Crippen LogP contribution in [0, 0.1) is 5.92 Å². The number of likely N-dealkylation sites (tertiary alicyclic amines) is 1. The molecule has 1 N–H and O–H groups in total. The van der Waals surface area contributed by atoms with E-state index >= 15 is 0 Å². The first-order valence-corrected chi connectivity index (χ1v) is 10.3. The maximum Gasteiger partial charge on any atom is 0.194 e. The van der Waals surface area contributed by atoms with Gasteiger partial charge in [0.1, 0.15) is 0 Å². The second-order valence-corrected chi connectivity index (χ2v) is 8.02. The van der Waals surface area contributed by atoms with Gasteiger partial charge in [-0.2, -0.15) is 0 Å². The lowest BCUT2D eigenvalue weighted by molar-refractivity contribution is 0.189. The topological polar surface area (TPSA) is 48.7 Å². The highest BCUT2D eigenvalue weighted by Gasteiger charge is 2.28. The Balaban J connectivity index is 1.72. The van der Waals surface area contributed by atoms with Gasteiger partial charge in [0.2, 0.25) is 0 Å². The van der Waals surface area contributed by atoms with E-state index in [2.05, 4.69) is 83.1 Å². The van der Waals surface area contributed by atoms with Gasteiger partial charge in [-0.3, -0.25) is 0 Å². The Morgan fingerprint density at radius 3 is 2.86 bits per heavy atom. The number of nitrogens with one attached hydrogen (secondary N) is 1. The number of imidazole rings is 1. The van der Waals surface area contributed by atoms with Crippen LogP contribution in [0.3, 0.4) is 0 Å². The molecule has 2 unspecified atom stereocenters. The summed E-state index contributed by atoms with van der Waals surface area (Å²) in [6.07, 6.45) is 7.03. The summed E-state index contributed by atoms with van der Waals surface area (Å²) in [6.45, 7) is 9.00. The Labute approximate surface area is 169 Å². The van der Waals surface area contributed by atoms with Crippen LogP contribution in [-0.2, 0) is 13.1 Å². The van der Waals surface area contributed by atoms with Crippen molar-refractivity contribution in [2.24, 2.45) is 10.9 Å². The third kappa shape index (κ3) is 5.35. The van der Waals surface area contributed by atoms with Gasteiger partial charge in [-0.15, -0.1) is 0 Å². The third-order valence-corrected chi connectivity index (χ3v) is 5.36. The predicted octanol–water partition coefficient (Wildman–Crippen LogP) is 2.99. The largest absolute Gasteiger partial charge is 0.357 e. The lowest BCUT2D eigenvalue weighted by Gasteiger charge is -2.39. The Kier molecular flexibility index (Phi) is 7.09. The van der Waals surface area contributed by atoms with Crippen molar-refractivity contribution in [3.8, 4) is 0 Å². The first-order chi connectivity index (χ1) is 13.6. The highest BCUT2D eigenvalue weighted by Crippen LogP contribution is 2.27. The highest BCUT2D eigenvalue weighted by molar-refractivity contribution is 5.80. The van der Waals surface area contributed by atoms with Gasteiger partial charge in [0.15, 0.2) is 5.96 Å². The minimum atomic E-state index is 0.434. The van der Waals surface area contributed by atoms with E-state index < -0.39 is 0 Å². The summed E-state index contributed by atoms with van der Waals surface area (Å²) in [7, 11) is 4.20. The molecule has 0 radical (unpaired) electrons. The minimum Gasteiger partial charge on any atom is -0.357 e. The summed E-state index contributed by atoms with van der Waals surface area (Å²) in [5, 5.41) is 3.49. The van der Waals surface area contributed by atoms with E-state index in [-0.39, 0.29) is 0 Å². The van der Waals surface area contributed by atoms with Crippen LogP contribution in [0.2, 0.25) is 0 Å². The summed E-state index contributed by atoms with van der Waals surface area (Å²) >= 11 is 0. The molecule has 0 aliphatic carbocycles. The third-order valence-electron chi connectivity index (χ3n) is 5.36. The molecule has 0 spiro atoms. The molecule has 6 heteroatoms. The molecule has 1 aliphatic heterocycles. The molecule has 3 rings (SSSR count). The molecule has 0 saturated carbocycles. The number of hydrogen-bond acceptors (Lipinski definition) is 3. The van der Waals surface area contributed by atoms with E-state index in [1.165, 1.54) is 11.1 Å². The number of nitrogens with zero attached hydrogens (tertiary/aromatic N) is 5. The molecule has 2 aromatic rings. The average molecular weight is 383 g/mol. The van der Waals surface area contributed by atoms with Crippen LogP contribution in [0.15, 0.2) is 48.0 Å². The summed E-state index contributed by atoms with van der Waals surface area (Å²) < 4.78 is 2.24. The number of aromatic nitrogens is 2. The van der Waals surface area contributed by atoms with Crippen LogP contribution in [0.25, 0.3) is 0 Å². The van der Waals surface area contributed by atoms with E-state index in [4.69, 9.17) is 4.99 Å². The number of rotatable bonds is 6. The summed E-state index contributed by atoms with van der Waals surface area (Å²) in [6, 6.07) is 9.18. The Hall–Kier alpha value is -2.34. The smallest absolute Gasteiger partial charge is 0.194 e. The molecule has 152 valence electrons. The number of piperidine rings is 1. The number of guanidine groups is 1. The van der Waals surface area contributed by atoms with Gasteiger partial charge >= 0.3 is 0 Å². The van der Waals surface area contributed by atoms with E-state index in [1.807, 2.05) is 12.5 Å². The molecule has 1 aromatic heterocycles. The van der Waals surface area contributed by atoms with Crippen molar-refractivity contribution in [2.75, 3.05) is 33.7 Å². The first-order valence-electron chi connectivity index (χ1n) is 10.3. The van der Waals surface area contributed by atoms with Crippen molar-refractivity contribution in [1.82, 2.24) is 24.7 Å². The molecule has 1 fully saturated rings. The number of hydrogen-bond donors (Lipinski definition) is 1. The molecule has 1 aliphatic rings. The summed E-state index contributed by atoms with van der Waals surface area (Å²) in [5.74, 6) is 1.65. The molecule has 1 saturated heterocycles. The Morgan fingerprint density at radius 1 is 1.32 bits per heavy atom. The SMILES string of the molecule is CCNC(=NCc1cccc(CN(C)C)c1)N1CCC(C)C(n2ccnc2)C1. The molecule has 2 atom stereocenters. The van der Waals surface area contributed by atoms with Gasteiger partial charge in [0.05, 0.1) is 18.9 Å². The molecular weight excluding hydrogens is 348 g/mol. The predicted molar refractivity (Wildman–Crippen MR) is 115 cm³/mol. The van der Waals surface area contributed by atoms with Crippen LogP contribution in [-0.4, -0.2) is 59.0 Å². The molecule has 2 heterocycles. The van der Waals surface area contributed by atoms with Crippen LogP contribution in [0.1, 0.15) is 37.4 Å². The lowest BCUT2D eigenvalue weighted by atomic mass is 9.93. The molecular formula is C22H34N6. The zero-order valence-corrected chi connectivity index (χ0v) is 17.7.